The first-order chi connectivity index (χ1) is 6.70. The van der Waals surface area contributed by atoms with Crippen LogP contribution in [0.5, 0.6) is 0 Å². The predicted molar refractivity (Wildman–Crippen MR) is 64.7 cm³/mol. The van der Waals surface area contributed by atoms with E-state index in [-0.39, 0.29) is 0 Å². The molecular formula is C12H14BrN. The third kappa shape index (κ3) is 1.71. The molecule has 0 saturated carbocycles. The molecule has 1 heterocycles. The predicted octanol–water partition coefficient (Wildman–Crippen LogP) is 4.44. The van der Waals surface area contributed by atoms with E-state index in [0.717, 1.165) is 4.47 Å². The highest BCUT2D eigenvalue weighted by Crippen LogP contribution is 2.25. The summed E-state index contributed by atoms with van der Waals surface area (Å²) in [6, 6.07) is 8.58. The SMILES string of the molecule is CCC(C)c1cc2cc(Br)ccc2[nH]1. The molecule has 0 fully saturated rings. The molecule has 2 rings (SSSR count). The van der Waals surface area contributed by atoms with Crippen molar-refractivity contribution in [3.63, 3.8) is 0 Å². The molecule has 1 aromatic heterocycles. The summed E-state index contributed by atoms with van der Waals surface area (Å²) in [5, 5.41) is 1.29. The second-order valence-electron chi connectivity index (χ2n) is 3.77. The molecule has 74 valence electrons. The van der Waals surface area contributed by atoms with Gasteiger partial charge < -0.3 is 4.98 Å². The molecule has 1 nitrogen and oxygen atoms in total. The largest absolute Gasteiger partial charge is 0.358 e. The number of aromatic amines is 1. The summed E-state index contributed by atoms with van der Waals surface area (Å²) >= 11 is 3.48. The molecule has 0 saturated heterocycles. The molecule has 0 aliphatic heterocycles. The Morgan fingerprint density at radius 3 is 2.86 bits per heavy atom. The van der Waals surface area contributed by atoms with Gasteiger partial charge in [-0.05, 0) is 36.6 Å². The Morgan fingerprint density at radius 1 is 1.36 bits per heavy atom. The maximum absolute atomic E-state index is 3.48. The second kappa shape index (κ2) is 3.77. The smallest absolute Gasteiger partial charge is 0.0456 e. The van der Waals surface area contributed by atoms with E-state index in [1.54, 1.807) is 0 Å². The normalized spacial score (nSPS) is 13.4. The Labute approximate surface area is 92.6 Å². The van der Waals surface area contributed by atoms with Crippen LogP contribution in [0.4, 0.5) is 0 Å². The number of nitrogens with one attached hydrogen (secondary N) is 1. The highest BCUT2D eigenvalue weighted by atomic mass is 79.9. The summed E-state index contributed by atoms with van der Waals surface area (Å²) < 4.78 is 1.14. The average Bonchev–Trinajstić information content (AvgIpc) is 2.59. The van der Waals surface area contributed by atoms with Crippen molar-refractivity contribution < 1.29 is 0 Å². The number of fused-ring (bicyclic) bond motifs is 1. The van der Waals surface area contributed by atoms with Gasteiger partial charge in [0.25, 0.3) is 0 Å². The molecule has 0 bridgehead atoms. The van der Waals surface area contributed by atoms with Gasteiger partial charge in [0.15, 0.2) is 0 Å². The zero-order valence-corrected chi connectivity index (χ0v) is 10.1. The van der Waals surface area contributed by atoms with Crippen LogP contribution >= 0.6 is 15.9 Å². The van der Waals surface area contributed by atoms with Gasteiger partial charge in [-0.15, -0.1) is 0 Å². The fraction of sp³-hybridized carbons (Fsp3) is 0.333. The van der Waals surface area contributed by atoms with Crippen LogP contribution in [0.1, 0.15) is 31.9 Å². The molecular weight excluding hydrogens is 238 g/mol. The van der Waals surface area contributed by atoms with E-state index in [0.29, 0.717) is 5.92 Å². The van der Waals surface area contributed by atoms with Crippen LogP contribution in [0, 0.1) is 0 Å². The number of hydrogen-bond donors (Lipinski definition) is 1. The summed E-state index contributed by atoms with van der Waals surface area (Å²) in [5.74, 6) is 0.612. The molecule has 1 N–H and O–H groups in total. The van der Waals surface area contributed by atoms with Crippen molar-refractivity contribution in [2.45, 2.75) is 26.2 Å². The first-order valence-electron chi connectivity index (χ1n) is 4.99. The Kier molecular flexibility index (Phi) is 2.64. The summed E-state index contributed by atoms with van der Waals surface area (Å²) in [4.78, 5) is 3.45. The number of hydrogen-bond acceptors (Lipinski definition) is 0. The van der Waals surface area contributed by atoms with Crippen LogP contribution in [0.15, 0.2) is 28.7 Å². The first-order valence-corrected chi connectivity index (χ1v) is 5.78. The van der Waals surface area contributed by atoms with Gasteiger partial charge in [-0.25, -0.2) is 0 Å². The van der Waals surface area contributed by atoms with E-state index in [1.807, 2.05) is 0 Å². The van der Waals surface area contributed by atoms with Crippen LogP contribution in [0.3, 0.4) is 0 Å². The van der Waals surface area contributed by atoms with Crippen LogP contribution in [0.2, 0.25) is 0 Å². The van der Waals surface area contributed by atoms with E-state index >= 15 is 0 Å². The number of benzene rings is 1. The monoisotopic (exact) mass is 251 g/mol. The summed E-state index contributed by atoms with van der Waals surface area (Å²) in [7, 11) is 0. The summed E-state index contributed by atoms with van der Waals surface area (Å²) in [6.07, 6.45) is 1.17. The molecule has 0 aliphatic carbocycles. The Hall–Kier alpha value is -0.760. The maximum atomic E-state index is 3.48. The lowest BCUT2D eigenvalue weighted by Gasteiger charge is -2.03. The lowest BCUT2D eigenvalue weighted by Crippen LogP contribution is -1.89. The van der Waals surface area contributed by atoms with Crippen molar-refractivity contribution in [1.29, 1.82) is 0 Å². The van der Waals surface area contributed by atoms with E-state index in [9.17, 15) is 0 Å². The van der Waals surface area contributed by atoms with Crippen LogP contribution in [-0.4, -0.2) is 4.98 Å². The number of halogens is 1. The molecule has 14 heavy (non-hydrogen) atoms. The minimum absolute atomic E-state index is 0.612. The fourth-order valence-corrected chi connectivity index (χ4v) is 1.99. The molecule has 0 spiro atoms. The molecule has 1 aromatic carbocycles. The van der Waals surface area contributed by atoms with Gasteiger partial charge >= 0.3 is 0 Å². The van der Waals surface area contributed by atoms with Gasteiger partial charge in [-0.3, -0.25) is 0 Å². The standard InChI is InChI=1S/C12H14BrN/c1-3-8(2)12-7-9-6-10(13)4-5-11(9)14-12/h4-8,14H,3H2,1-2H3. The topological polar surface area (TPSA) is 15.8 Å². The van der Waals surface area contributed by atoms with Crippen LogP contribution in [0.25, 0.3) is 10.9 Å². The van der Waals surface area contributed by atoms with Gasteiger partial charge in [0.2, 0.25) is 0 Å². The summed E-state index contributed by atoms with van der Waals surface area (Å²) in [5.41, 5.74) is 2.56. The van der Waals surface area contributed by atoms with Crippen molar-refractivity contribution >= 4 is 26.8 Å². The minimum Gasteiger partial charge on any atom is -0.358 e. The highest BCUT2D eigenvalue weighted by molar-refractivity contribution is 9.10. The van der Waals surface area contributed by atoms with Crippen molar-refractivity contribution in [3.05, 3.63) is 34.4 Å². The number of rotatable bonds is 2. The van der Waals surface area contributed by atoms with Gasteiger partial charge in [-0.1, -0.05) is 29.8 Å². The number of aromatic nitrogens is 1. The first kappa shape index (κ1) is 9.78. The van der Waals surface area contributed by atoms with E-state index in [2.05, 4.69) is 59.0 Å². The Morgan fingerprint density at radius 2 is 2.14 bits per heavy atom. The molecule has 0 aliphatic rings. The van der Waals surface area contributed by atoms with Gasteiger partial charge in [0.05, 0.1) is 0 Å². The Balaban J connectivity index is 2.51. The van der Waals surface area contributed by atoms with Gasteiger partial charge in [0, 0.05) is 21.1 Å². The van der Waals surface area contributed by atoms with Crippen molar-refractivity contribution in [1.82, 2.24) is 4.98 Å². The zero-order chi connectivity index (χ0) is 10.1. The Bertz CT molecular complexity index is 445. The van der Waals surface area contributed by atoms with Crippen LogP contribution in [-0.2, 0) is 0 Å². The van der Waals surface area contributed by atoms with E-state index < -0.39 is 0 Å². The van der Waals surface area contributed by atoms with E-state index in [4.69, 9.17) is 0 Å². The molecule has 2 aromatic rings. The molecule has 0 radical (unpaired) electrons. The minimum atomic E-state index is 0.612. The number of H-pyrrole nitrogens is 1. The lowest BCUT2D eigenvalue weighted by molar-refractivity contribution is 0.715. The van der Waals surface area contributed by atoms with Crippen molar-refractivity contribution in [3.8, 4) is 0 Å². The average molecular weight is 252 g/mol. The van der Waals surface area contributed by atoms with Crippen LogP contribution < -0.4 is 0 Å². The lowest BCUT2D eigenvalue weighted by atomic mass is 10.1. The fourth-order valence-electron chi connectivity index (χ4n) is 1.61. The van der Waals surface area contributed by atoms with E-state index in [1.165, 1.54) is 23.0 Å². The third-order valence-corrected chi connectivity index (χ3v) is 3.24. The molecule has 0 amide bonds. The summed E-state index contributed by atoms with van der Waals surface area (Å²) in [6.45, 7) is 4.46. The van der Waals surface area contributed by atoms with Gasteiger partial charge in [0.1, 0.15) is 0 Å². The second-order valence-corrected chi connectivity index (χ2v) is 4.68. The maximum Gasteiger partial charge on any atom is 0.0456 e. The van der Waals surface area contributed by atoms with Gasteiger partial charge in [-0.2, -0.15) is 0 Å². The zero-order valence-electron chi connectivity index (χ0n) is 8.47. The molecule has 1 unspecified atom stereocenters. The highest BCUT2D eigenvalue weighted by Gasteiger charge is 2.06. The molecule has 2 heteroatoms. The third-order valence-electron chi connectivity index (χ3n) is 2.75. The van der Waals surface area contributed by atoms with Crippen molar-refractivity contribution in [2.75, 3.05) is 0 Å². The molecule has 1 atom stereocenters. The quantitative estimate of drug-likeness (QED) is 0.813. The van der Waals surface area contributed by atoms with Crippen molar-refractivity contribution in [2.24, 2.45) is 0 Å².